The molecule has 0 unspecified atom stereocenters. The van der Waals surface area contributed by atoms with Gasteiger partial charge in [0, 0.05) is 0 Å². The molecule has 0 heterocycles. The van der Waals surface area contributed by atoms with E-state index in [1.807, 2.05) is 0 Å². The molecule has 0 amide bonds. The SMILES string of the molecule is O=S(=O)([O-])c1cc(-c2c[c-]c(F)[c-]c2)cc(S(=O)(=O)[O-])c1F.O=S(=O)=O.O=S(=O)=O.[Na+].[Na+].[Na+].[Na+]. The number of halogens is 2. The van der Waals surface area contributed by atoms with E-state index in [-0.39, 0.29) is 129 Å². The molecule has 0 radical (unpaired) electrons. The second-order valence-corrected chi connectivity index (χ2v) is 7.96. The van der Waals surface area contributed by atoms with E-state index in [2.05, 4.69) is 12.1 Å². The van der Waals surface area contributed by atoms with Gasteiger partial charge < -0.3 is 21.2 Å². The number of rotatable bonds is 3. The van der Waals surface area contributed by atoms with Crippen molar-refractivity contribution < 1.29 is 178 Å². The predicted molar refractivity (Wildman–Crippen MR) is 84.8 cm³/mol. The van der Waals surface area contributed by atoms with Crippen molar-refractivity contribution in [2.24, 2.45) is 0 Å². The molecule has 0 fully saturated rings. The van der Waals surface area contributed by atoms with Crippen LogP contribution >= 0.6 is 0 Å². The van der Waals surface area contributed by atoms with Gasteiger partial charge in [-0.3, -0.25) is 16.5 Å². The summed E-state index contributed by atoms with van der Waals surface area (Å²) in [4.78, 5) is -2.99. The van der Waals surface area contributed by atoms with Crippen LogP contribution in [0.3, 0.4) is 0 Å². The summed E-state index contributed by atoms with van der Waals surface area (Å²) in [5.41, 5.74) is -0.311. The zero-order valence-electron chi connectivity index (χ0n) is 17.6. The van der Waals surface area contributed by atoms with Gasteiger partial charge in [0.1, 0.15) is 20.2 Å². The molecule has 0 N–H and O–H groups in total. The maximum atomic E-state index is 13.8. The zero-order chi connectivity index (χ0) is 23.9. The Morgan fingerprint density at radius 2 is 0.912 bits per heavy atom. The molecule has 34 heavy (non-hydrogen) atoms. The normalized spacial score (nSPS) is 9.41. The third-order valence-corrected chi connectivity index (χ3v) is 4.26. The first-order valence-electron chi connectivity index (χ1n) is 6.35. The van der Waals surface area contributed by atoms with Crippen LogP contribution in [0.25, 0.3) is 11.1 Å². The van der Waals surface area contributed by atoms with Crippen LogP contribution in [0.5, 0.6) is 0 Å². The van der Waals surface area contributed by atoms with Crippen LogP contribution in [0.4, 0.5) is 8.78 Å². The van der Waals surface area contributed by atoms with E-state index in [1.165, 1.54) is 0 Å². The summed E-state index contributed by atoms with van der Waals surface area (Å²) in [6.07, 6.45) is 0. The van der Waals surface area contributed by atoms with Crippen molar-refractivity contribution in [1.29, 1.82) is 0 Å². The fraction of sp³-hybridized carbons (Fsp3) is 0. The van der Waals surface area contributed by atoms with Gasteiger partial charge in [0.2, 0.25) is 0 Å². The van der Waals surface area contributed by atoms with Crippen molar-refractivity contribution in [3.05, 3.63) is 48.0 Å². The van der Waals surface area contributed by atoms with Crippen molar-refractivity contribution in [2.45, 2.75) is 9.79 Å². The minimum atomic E-state index is -5.38. The third-order valence-electron chi connectivity index (χ3n) is 2.59. The van der Waals surface area contributed by atoms with Crippen LogP contribution < -0.4 is 118 Å². The standard InChI is InChI=1S/C12H6F2O6S2.4Na.2O3S/c13-9-3-1-7(2-4-9)8-5-10(21(15,16)17)12(14)11(6-8)22(18,19)20;;;;;2*1-4(2)3/h1-2,5-6H,(H,15,16,17)(H,18,19,20);;;;;;/q-2;4*+1;;/p-2. The molecule has 0 bridgehead atoms. The maximum absolute atomic E-state index is 13.8. The summed E-state index contributed by atoms with van der Waals surface area (Å²) in [7, 11) is -17.0. The first-order valence-corrected chi connectivity index (χ1v) is 11.2. The van der Waals surface area contributed by atoms with Crippen LogP contribution in [-0.2, 0) is 41.5 Å². The second kappa shape index (κ2) is 20.3. The molecule has 0 saturated carbocycles. The van der Waals surface area contributed by atoms with E-state index >= 15 is 0 Å². The Kier molecular flexibility index (Phi) is 27.1. The van der Waals surface area contributed by atoms with E-state index in [0.29, 0.717) is 12.1 Å². The average molecular weight is 598 g/mol. The first-order chi connectivity index (χ1) is 13.5. The molecule has 166 valence electrons. The van der Waals surface area contributed by atoms with Gasteiger partial charge in [-0.2, -0.15) is 0 Å². The molecule has 0 aliphatic carbocycles. The Morgan fingerprint density at radius 3 is 1.15 bits per heavy atom. The van der Waals surface area contributed by atoms with Crippen molar-refractivity contribution in [3.8, 4) is 11.1 Å². The Morgan fingerprint density at radius 1 is 0.647 bits per heavy atom. The molecular weight excluding hydrogens is 594 g/mol. The van der Waals surface area contributed by atoms with Crippen LogP contribution in [-0.4, -0.2) is 51.2 Å². The van der Waals surface area contributed by atoms with Crippen LogP contribution in [0.2, 0.25) is 0 Å². The fourth-order valence-corrected chi connectivity index (χ4v) is 2.90. The summed E-state index contributed by atoms with van der Waals surface area (Å²) in [6, 6.07) is 7.18. The Bertz CT molecular complexity index is 1270. The zero-order valence-corrected chi connectivity index (χ0v) is 28.9. The largest absolute Gasteiger partial charge is 1.00 e. The van der Waals surface area contributed by atoms with Gasteiger partial charge in [-0.25, -0.2) is 26.8 Å². The van der Waals surface area contributed by atoms with Gasteiger partial charge in [0.25, 0.3) is 0 Å². The molecule has 2 rings (SSSR count). The third kappa shape index (κ3) is 18.6. The average Bonchev–Trinajstić information content (AvgIpc) is 2.52. The van der Waals surface area contributed by atoms with Crippen LogP contribution in [0, 0.1) is 23.8 Å². The molecule has 22 heteroatoms. The molecule has 0 aliphatic heterocycles. The molecule has 0 aliphatic rings. The minimum Gasteiger partial charge on any atom is -0.744 e. The maximum Gasteiger partial charge on any atom is 1.00 e. The van der Waals surface area contributed by atoms with E-state index < -0.39 is 62.9 Å². The monoisotopic (exact) mass is 598 g/mol. The van der Waals surface area contributed by atoms with Crippen molar-refractivity contribution in [3.63, 3.8) is 0 Å². The van der Waals surface area contributed by atoms with Gasteiger partial charge >= 0.3 is 139 Å². The summed E-state index contributed by atoms with van der Waals surface area (Å²) in [5, 5.41) is 0. The van der Waals surface area contributed by atoms with Crippen molar-refractivity contribution in [1.82, 2.24) is 0 Å². The molecule has 0 atom stereocenters. The Labute approximate surface area is 284 Å². The summed E-state index contributed by atoms with van der Waals surface area (Å²) in [6.45, 7) is 0. The molecule has 0 spiro atoms. The van der Waals surface area contributed by atoms with Crippen molar-refractivity contribution in [2.75, 3.05) is 0 Å². The van der Waals surface area contributed by atoms with Crippen LogP contribution in [0.15, 0.2) is 34.1 Å². The molecule has 2 aromatic carbocycles. The quantitative estimate of drug-likeness (QED) is 0.183. The topological polar surface area (TPSA) is 217 Å². The summed E-state index contributed by atoms with van der Waals surface area (Å²) < 4.78 is 143. The summed E-state index contributed by atoms with van der Waals surface area (Å²) >= 11 is 0. The van der Waals surface area contributed by atoms with E-state index in [0.717, 1.165) is 12.1 Å². The number of hydrogen-bond donors (Lipinski definition) is 0. The Hall–Kier alpha value is 1.36. The molecular formula is C12H4F2Na4O12S4. The summed E-state index contributed by atoms with van der Waals surface area (Å²) in [5.74, 6) is -2.83. The second-order valence-electron chi connectivity index (χ2n) is 4.45. The number of benzene rings is 2. The predicted octanol–water partition coefficient (Wildman–Crippen LogP) is -13.0. The van der Waals surface area contributed by atoms with E-state index in [1.54, 1.807) is 0 Å². The van der Waals surface area contributed by atoms with E-state index in [4.69, 9.17) is 25.3 Å². The fourth-order valence-electron chi connectivity index (χ4n) is 1.64. The van der Waals surface area contributed by atoms with Crippen molar-refractivity contribution >= 4 is 41.5 Å². The molecule has 2 aromatic rings. The smallest absolute Gasteiger partial charge is 0.744 e. The van der Waals surface area contributed by atoms with Gasteiger partial charge in [-0.1, -0.05) is 12.1 Å². The Balaban J connectivity index is -0.000000205. The van der Waals surface area contributed by atoms with Gasteiger partial charge in [0.05, 0.1) is 9.79 Å². The first kappa shape index (κ1) is 45.3. The molecule has 0 aromatic heterocycles. The van der Waals surface area contributed by atoms with Gasteiger partial charge in [-0.15, -0.1) is 36.6 Å². The van der Waals surface area contributed by atoms with E-state index in [9.17, 15) is 34.7 Å². The van der Waals surface area contributed by atoms with Gasteiger partial charge in [-0.05, 0) is 0 Å². The number of hydrogen-bond acceptors (Lipinski definition) is 12. The van der Waals surface area contributed by atoms with Crippen LogP contribution in [0.1, 0.15) is 0 Å². The van der Waals surface area contributed by atoms with Gasteiger partial charge in [0.15, 0.2) is 5.82 Å². The molecule has 0 saturated heterocycles. The minimum absolute atomic E-state index is 0. The molecule has 12 nitrogen and oxygen atoms in total.